The lowest BCUT2D eigenvalue weighted by molar-refractivity contribution is -0.128. The smallest absolute Gasteiger partial charge is 0.266 e. The highest BCUT2D eigenvalue weighted by atomic mass is 16.2. The van der Waals surface area contributed by atoms with Crippen LogP contribution in [0.25, 0.3) is 0 Å². The second kappa shape index (κ2) is 9.00. The van der Waals surface area contributed by atoms with Gasteiger partial charge < -0.3 is 10.2 Å². The predicted octanol–water partition coefficient (Wildman–Crippen LogP) is 3.15. The van der Waals surface area contributed by atoms with Crippen molar-refractivity contribution in [1.29, 1.82) is 5.26 Å². The Balaban J connectivity index is 1.27. The molecule has 1 amide bonds. The fourth-order valence-electron chi connectivity index (χ4n) is 5.51. The molecule has 1 heterocycles. The highest BCUT2D eigenvalue weighted by Gasteiger charge is 2.41. The number of benzene rings is 1. The summed E-state index contributed by atoms with van der Waals surface area (Å²) in [6, 6.07) is 12.9. The fourth-order valence-corrected chi connectivity index (χ4v) is 5.51. The number of nitrogens with zero attached hydrogens (tertiary/aromatic N) is 3. The molecule has 4 unspecified atom stereocenters. The highest BCUT2D eigenvalue weighted by Crippen LogP contribution is 2.49. The van der Waals surface area contributed by atoms with Gasteiger partial charge in [0.05, 0.1) is 0 Å². The van der Waals surface area contributed by atoms with Gasteiger partial charge >= 0.3 is 0 Å². The van der Waals surface area contributed by atoms with Gasteiger partial charge in [-0.2, -0.15) is 5.26 Å². The molecular formula is C24H32N4O. The number of nitrogens with one attached hydrogen (secondary N) is 1. The van der Waals surface area contributed by atoms with Gasteiger partial charge in [-0.15, -0.1) is 0 Å². The van der Waals surface area contributed by atoms with E-state index in [0.717, 1.165) is 31.5 Å². The van der Waals surface area contributed by atoms with E-state index in [1.807, 2.05) is 11.0 Å². The fraction of sp³-hybridized carbons (Fsp3) is 0.583. The van der Waals surface area contributed by atoms with Crippen molar-refractivity contribution in [2.45, 2.75) is 45.2 Å². The molecule has 5 nitrogen and oxygen atoms in total. The summed E-state index contributed by atoms with van der Waals surface area (Å²) in [6.45, 7) is 6.14. The van der Waals surface area contributed by atoms with E-state index < -0.39 is 0 Å². The molecule has 154 valence electrons. The van der Waals surface area contributed by atoms with E-state index in [-0.39, 0.29) is 11.5 Å². The Morgan fingerprint density at radius 2 is 1.97 bits per heavy atom. The standard InChI is InChI=1S/C24H32N4O/c1-18(23-14-20-7-8-21(23)13-20)26-16-22(15-25)24(29)28-11-9-27(10-12-28)17-19-5-3-2-4-6-19/h2-6,16,18,20-21,23,26H,7-14,17H2,1H3/b22-16-. The topological polar surface area (TPSA) is 59.4 Å². The number of carbonyl (C=O) groups excluding carboxylic acids is 1. The summed E-state index contributed by atoms with van der Waals surface area (Å²) in [5, 5.41) is 12.9. The van der Waals surface area contributed by atoms with Crippen molar-refractivity contribution in [3.05, 3.63) is 47.7 Å². The van der Waals surface area contributed by atoms with Crippen LogP contribution in [0.1, 0.15) is 38.2 Å². The van der Waals surface area contributed by atoms with Crippen molar-refractivity contribution in [1.82, 2.24) is 15.1 Å². The Labute approximate surface area is 174 Å². The summed E-state index contributed by atoms with van der Waals surface area (Å²) in [4.78, 5) is 17.0. The van der Waals surface area contributed by atoms with Crippen molar-refractivity contribution in [2.24, 2.45) is 17.8 Å². The molecule has 2 bridgehead atoms. The van der Waals surface area contributed by atoms with Gasteiger partial charge in [0.15, 0.2) is 0 Å². The zero-order chi connectivity index (χ0) is 20.2. The van der Waals surface area contributed by atoms with Crippen LogP contribution in [0, 0.1) is 29.1 Å². The van der Waals surface area contributed by atoms with Crippen LogP contribution in [0.3, 0.4) is 0 Å². The average Bonchev–Trinajstić information content (AvgIpc) is 3.39. The molecule has 1 saturated heterocycles. The summed E-state index contributed by atoms with van der Waals surface area (Å²) in [7, 11) is 0. The molecule has 29 heavy (non-hydrogen) atoms. The van der Waals surface area contributed by atoms with Crippen LogP contribution in [0.4, 0.5) is 0 Å². The van der Waals surface area contributed by atoms with Crippen LogP contribution in [-0.4, -0.2) is 47.9 Å². The first kappa shape index (κ1) is 20.0. The van der Waals surface area contributed by atoms with Crippen LogP contribution >= 0.6 is 0 Å². The first-order valence-corrected chi connectivity index (χ1v) is 11.1. The van der Waals surface area contributed by atoms with Crippen molar-refractivity contribution in [3.8, 4) is 6.07 Å². The van der Waals surface area contributed by atoms with Gasteiger partial charge in [0.1, 0.15) is 11.6 Å². The zero-order valence-electron chi connectivity index (χ0n) is 17.4. The van der Waals surface area contributed by atoms with E-state index in [1.165, 1.54) is 31.2 Å². The minimum Gasteiger partial charge on any atom is -0.387 e. The molecular weight excluding hydrogens is 360 g/mol. The van der Waals surface area contributed by atoms with E-state index >= 15 is 0 Å². The van der Waals surface area contributed by atoms with E-state index in [4.69, 9.17) is 0 Å². The van der Waals surface area contributed by atoms with E-state index in [0.29, 0.717) is 25.0 Å². The van der Waals surface area contributed by atoms with Crippen molar-refractivity contribution in [3.63, 3.8) is 0 Å². The number of amides is 1. The minimum atomic E-state index is -0.139. The summed E-state index contributed by atoms with van der Waals surface area (Å²) in [6.07, 6.45) is 7.09. The molecule has 1 aromatic rings. The first-order chi connectivity index (χ1) is 14.1. The number of nitriles is 1. The maximum absolute atomic E-state index is 12.8. The van der Waals surface area contributed by atoms with Crippen LogP contribution in [-0.2, 0) is 11.3 Å². The number of hydrogen-bond donors (Lipinski definition) is 1. The maximum atomic E-state index is 12.8. The van der Waals surface area contributed by atoms with E-state index in [9.17, 15) is 10.1 Å². The lowest BCUT2D eigenvalue weighted by atomic mass is 9.84. The van der Waals surface area contributed by atoms with Crippen molar-refractivity contribution in [2.75, 3.05) is 26.2 Å². The number of rotatable bonds is 6. The maximum Gasteiger partial charge on any atom is 0.266 e. The van der Waals surface area contributed by atoms with E-state index in [1.54, 1.807) is 6.20 Å². The number of carbonyl (C=O) groups is 1. The highest BCUT2D eigenvalue weighted by molar-refractivity contribution is 5.97. The first-order valence-electron chi connectivity index (χ1n) is 11.1. The van der Waals surface area contributed by atoms with Crippen LogP contribution in [0.15, 0.2) is 42.1 Å². The Bertz CT molecular complexity index is 776. The molecule has 2 aliphatic carbocycles. The second-order valence-electron chi connectivity index (χ2n) is 9.02. The molecule has 3 aliphatic rings. The quantitative estimate of drug-likeness (QED) is 0.597. The molecule has 0 radical (unpaired) electrons. The molecule has 4 atom stereocenters. The third-order valence-electron chi connectivity index (χ3n) is 7.18. The van der Waals surface area contributed by atoms with Gasteiger partial charge in [0.2, 0.25) is 0 Å². The normalized spacial score (nSPS) is 28.2. The minimum absolute atomic E-state index is 0.139. The lowest BCUT2D eigenvalue weighted by Gasteiger charge is -2.34. The Kier molecular flexibility index (Phi) is 6.20. The molecule has 0 spiro atoms. The van der Waals surface area contributed by atoms with Gasteiger partial charge in [0.25, 0.3) is 5.91 Å². The van der Waals surface area contributed by atoms with Crippen molar-refractivity contribution < 1.29 is 4.79 Å². The van der Waals surface area contributed by atoms with Gasteiger partial charge in [-0.1, -0.05) is 36.8 Å². The van der Waals surface area contributed by atoms with Crippen LogP contribution in [0.2, 0.25) is 0 Å². The summed E-state index contributed by atoms with van der Waals surface area (Å²) >= 11 is 0. The number of piperazine rings is 1. The SMILES string of the molecule is CC(N/C=C(/C#N)C(=O)N1CCN(Cc2ccccc2)CC1)C1CC2CCC1C2. The lowest BCUT2D eigenvalue weighted by Crippen LogP contribution is -2.48. The molecule has 2 saturated carbocycles. The third kappa shape index (κ3) is 4.64. The molecule has 1 aromatic carbocycles. The van der Waals surface area contributed by atoms with Gasteiger partial charge in [-0.3, -0.25) is 9.69 Å². The molecule has 0 aromatic heterocycles. The van der Waals surface area contributed by atoms with Crippen LogP contribution < -0.4 is 5.32 Å². The average molecular weight is 393 g/mol. The predicted molar refractivity (Wildman–Crippen MR) is 114 cm³/mol. The van der Waals surface area contributed by atoms with Crippen molar-refractivity contribution >= 4 is 5.91 Å². The number of fused-ring (bicyclic) bond motifs is 2. The Morgan fingerprint density at radius 1 is 1.21 bits per heavy atom. The molecule has 1 aliphatic heterocycles. The summed E-state index contributed by atoms with van der Waals surface area (Å²) < 4.78 is 0. The summed E-state index contributed by atoms with van der Waals surface area (Å²) in [5.41, 5.74) is 1.53. The third-order valence-corrected chi connectivity index (χ3v) is 7.18. The molecule has 1 N–H and O–H groups in total. The second-order valence-corrected chi connectivity index (χ2v) is 9.02. The monoisotopic (exact) mass is 392 g/mol. The Morgan fingerprint density at radius 3 is 2.59 bits per heavy atom. The van der Waals surface area contributed by atoms with Crippen LogP contribution in [0.5, 0.6) is 0 Å². The van der Waals surface area contributed by atoms with E-state index in [2.05, 4.69) is 47.5 Å². The van der Waals surface area contributed by atoms with Gasteiger partial charge in [-0.25, -0.2) is 0 Å². The van der Waals surface area contributed by atoms with Gasteiger partial charge in [0, 0.05) is 45.0 Å². The largest absolute Gasteiger partial charge is 0.387 e. The number of hydrogen-bond acceptors (Lipinski definition) is 4. The molecule has 5 heteroatoms. The zero-order valence-corrected chi connectivity index (χ0v) is 17.4. The molecule has 4 rings (SSSR count). The summed E-state index contributed by atoms with van der Waals surface area (Å²) in [5.74, 6) is 2.28. The Hall–Kier alpha value is -2.32. The van der Waals surface area contributed by atoms with Gasteiger partial charge in [-0.05, 0) is 49.5 Å². The molecule has 3 fully saturated rings.